The molecule has 0 aliphatic carbocycles. The van der Waals surface area contributed by atoms with Gasteiger partial charge in [-0.1, -0.05) is 12.1 Å². The van der Waals surface area contributed by atoms with Crippen LogP contribution in [0.25, 0.3) is 0 Å². The molecular weight excluding hydrogens is 224 g/mol. The Bertz CT molecular complexity index is 419. The van der Waals surface area contributed by atoms with Crippen LogP contribution in [0.4, 0.5) is 5.69 Å². The Hall–Kier alpha value is -1.06. The van der Waals surface area contributed by atoms with Crippen LogP contribution in [0.3, 0.4) is 0 Å². The monoisotopic (exact) mass is 238 g/mol. The minimum Gasteiger partial charge on any atom is -0.315 e. The van der Waals surface area contributed by atoms with Gasteiger partial charge in [-0.3, -0.25) is 4.79 Å². The SMILES string of the molecule is CNC(Cl)c1ccc2c(c1)CCC(=O)N2C. The van der Waals surface area contributed by atoms with E-state index >= 15 is 0 Å². The van der Waals surface area contributed by atoms with Gasteiger partial charge in [0.15, 0.2) is 0 Å². The van der Waals surface area contributed by atoms with Crippen molar-refractivity contribution in [3.05, 3.63) is 29.3 Å². The van der Waals surface area contributed by atoms with Crippen molar-refractivity contribution in [1.82, 2.24) is 5.32 Å². The van der Waals surface area contributed by atoms with Gasteiger partial charge >= 0.3 is 0 Å². The van der Waals surface area contributed by atoms with E-state index in [4.69, 9.17) is 11.6 Å². The second-order valence-corrected chi connectivity index (χ2v) is 4.43. The van der Waals surface area contributed by atoms with Crippen LogP contribution in [0, 0.1) is 0 Å². The van der Waals surface area contributed by atoms with E-state index < -0.39 is 0 Å². The lowest BCUT2D eigenvalue weighted by Crippen LogP contribution is -2.31. The Labute approximate surface area is 100 Å². The zero-order valence-corrected chi connectivity index (χ0v) is 10.2. The Morgan fingerprint density at radius 2 is 2.19 bits per heavy atom. The maximum Gasteiger partial charge on any atom is 0.227 e. The second kappa shape index (κ2) is 4.44. The number of fused-ring (bicyclic) bond motifs is 1. The van der Waals surface area contributed by atoms with Gasteiger partial charge in [0.25, 0.3) is 0 Å². The van der Waals surface area contributed by atoms with E-state index in [1.807, 2.05) is 26.2 Å². The highest BCUT2D eigenvalue weighted by Gasteiger charge is 2.21. The third-order valence-corrected chi connectivity index (χ3v) is 3.46. The molecule has 1 aliphatic rings. The van der Waals surface area contributed by atoms with Crippen LogP contribution in [0.1, 0.15) is 23.0 Å². The molecule has 16 heavy (non-hydrogen) atoms. The molecule has 0 fully saturated rings. The molecule has 0 bridgehead atoms. The van der Waals surface area contributed by atoms with Crippen LogP contribution in [-0.2, 0) is 11.2 Å². The summed E-state index contributed by atoms with van der Waals surface area (Å²) >= 11 is 6.11. The van der Waals surface area contributed by atoms with Gasteiger partial charge in [-0.2, -0.15) is 0 Å². The lowest BCUT2D eigenvalue weighted by Gasteiger charge is -2.26. The molecule has 0 spiro atoms. The number of anilines is 1. The number of halogens is 1. The number of amides is 1. The Balaban J connectivity index is 2.37. The zero-order valence-electron chi connectivity index (χ0n) is 9.46. The molecule has 0 aromatic heterocycles. The molecule has 4 heteroatoms. The molecule has 1 amide bonds. The summed E-state index contributed by atoms with van der Waals surface area (Å²) in [7, 11) is 3.64. The normalized spacial score (nSPS) is 17.2. The predicted octanol–water partition coefficient (Wildman–Crippen LogP) is 2.05. The lowest BCUT2D eigenvalue weighted by atomic mass is 9.99. The molecule has 1 aliphatic heterocycles. The molecule has 1 unspecified atom stereocenters. The summed E-state index contributed by atoms with van der Waals surface area (Å²) in [4.78, 5) is 13.2. The fourth-order valence-electron chi connectivity index (χ4n) is 2.00. The Morgan fingerprint density at radius 3 is 2.88 bits per heavy atom. The van der Waals surface area contributed by atoms with Gasteiger partial charge in [0.2, 0.25) is 5.91 Å². The highest BCUT2D eigenvalue weighted by molar-refractivity contribution is 6.20. The van der Waals surface area contributed by atoms with Gasteiger partial charge in [0.05, 0.1) is 0 Å². The molecule has 86 valence electrons. The summed E-state index contributed by atoms with van der Waals surface area (Å²) in [6.45, 7) is 0. The average molecular weight is 239 g/mol. The number of nitrogens with zero attached hydrogens (tertiary/aromatic N) is 1. The highest BCUT2D eigenvalue weighted by atomic mass is 35.5. The van der Waals surface area contributed by atoms with Crippen LogP contribution in [0.2, 0.25) is 0 Å². The van der Waals surface area contributed by atoms with E-state index in [1.54, 1.807) is 4.90 Å². The first-order valence-corrected chi connectivity index (χ1v) is 5.78. The van der Waals surface area contributed by atoms with Gasteiger partial charge < -0.3 is 10.2 Å². The molecule has 0 saturated heterocycles. The third kappa shape index (κ3) is 1.93. The molecule has 0 radical (unpaired) electrons. The van der Waals surface area contributed by atoms with E-state index in [2.05, 4.69) is 11.4 Å². The van der Waals surface area contributed by atoms with Crippen molar-refractivity contribution in [2.75, 3.05) is 19.0 Å². The van der Waals surface area contributed by atoms with Gasteiger partial charge in [-0.15, -0.1) is 11.6 Å². The van der Waals surface area contributed by atoms with Crippen molar-refractivity contribution < 1.29 is 4.79 Å². The largest absolute Gasteiger partial charge is 0.315 e. The van der Waals surface area contributed by atoms with Crippen LogP contribution in [0.5, 0.6) is 0 Å². The van der Waals surface area contributed by atoms with Gasteiger partial charge in [0.1, 0.15) is 5.50 Å². The summed E-state index contributed by atoms with van der Waals surface area (Å²) in [5.74, 6) is 0.177. The van der Waals surface area contributed by atoms with Crippen molar-refractivity contribution in [2.24, 2.45) is 0 Å². The van der Waals surface area contributed by atoms with Crippen molar-refractivity contribution in [2.45, 2.75) is 18.3 Å². The first-order valence-electron chi connectivity index (χ1n) is 5.34. The number of aryl methyl sites for hydroxylation is 1. The standard InChI is InChI=1S/C12H15ClN2O/c1-14-12(13)9-3-5-10-8(7-9)4-6-11(16)15(10)2/h3,5,7,12,14H,4,6H2,1-2H3. The number of nitrogens with one attached hydrogen (secondary N) is 1. The van der Waals surface area contributed by atoms with Gasteiger partial charge in [0, 0.05) is 19.2 Å². The van der Waals surface area contributed by atoms with Crippen LogP contribution >= 0.6 is 11.6 Å². The smallest absolute Gasteiger partial charge is 0.227 e. The number of hydrogen-bond acceptors (Lipinski definition) is 2. The van der Waals surface area contributed by atoms with Gasteiger partial charge in [-0.05, 0) is 30.7 Å². The van der Waals surface area contributed by atoms with Crippen molar-refractivity contribution in [3.8, 4) is 0 Å². The number of hydrogen-bond donors (Lipinski definition) is 1. The van der Waals surface area contributed by atoms with E-state index in [0.717, 1.165) is 17.7 Å². The molecule has 1 aromatic rings. The van der Waals surface area contributed by atoms with Crippen molar-refractivity contribution >= 4 is 23.2 Å². The maximum absolute atomic E-state index is 11.5. The fourth-order valence-corrected chi connectivity index (χ4v) is 2.14. The van der Waals surface area contributed by atoms with E-state index in [0.29, 0.717) is 6.42 Å². The minimum absolute atomic E-state index is 0.173. The fraction of sp³-hybridized carbons (Fsp3) is 0.417. The van der Waals surface area contributed by atoms with E-state index in [1.165, 1.54) is 5.56 Å². The topological polar surface area (TPSA) is 32.3 Å². The lowest BCUT2D eigenvalue weighted by molar-refractivity contribution is -0.118. The average Bonchev–Trinajstić information content (AvgIpc) is 2.32. The van der Waals surface area contributed by atoms with Crippen LogP contribution < -0.4 is 10.2 Å². The number of carbonyl (C=O) groups is 1. The number of benzene rings is 1. The predicted molar refractivity (Wildman–Crippen MR) is 65.8 cm³/mol. The summed E-state index contributed by atoms with van der Waals surface area (Å²) in [5.41, 5.74) is 3.07. The quantitative estimate of drug-likeness (QED) is 0.632. The summed E-state index contributed by atoms with van der Waals surface area (Å²) in [6.07, 6.45) is 1.39. The van der Waals surface area contributed by atoms with Crippen molar-refractivity contribution in [1.29, 1.82) is 0 Å². The molecule has 2 rings (SSSR count). The number of alkyl halides is 1. The number of rotatable bonds is 2. The molecule has 1 atom stereocenters. The Kier molecular flexibility index (Phi) is 3.17. The van der Waals surface area contributed by atoms with Gasteiger partial charge in [-0.25, -0.2) is 0 Å². The second-order valence-electron chi connectivity index (χ2n) is 3.99. The van der Waals surface area contributed by atoms with Crippen molar-refractivity contribution in [3.63, 3.8) is 0 Å². The molecule has 3 nitrogen and oxygen atoms in total. The molecule has 1 heterocycles. The maximum atomic E-state index is 11.5. The summed E-state index contributed by atoms with van der Waals surface area (Å²) < 4.78 is 0. The first kappa shape index (κ1) is 11.4. The van der Waals surface area contributed by atoms with E-state index in [-0.39, 0.29) is 11.4 Å². The van der Waals surface area contributed by atoms with Crippen LogP contribution in [-0.4, -0.2) is 20.0 Å². The first-order chi connectivity index (χ1) is 7.63. The summed E-state index contributed by atoms with van der Waals surface area (Å²) in [6, 6.07) is 6.00. The number of carbonyl (C=O) groups excluding carboxylic acids is 1. The van der Waals surface area contributed by atoms with Crippen LogP contribution in [0.15, 0.2) is 18.2 Å². The molecule has 0 saturated carbocycles. The molecular formula is C12H15ClN2O. The van der Waals surface area contributed by atoms with E-state index in [9.17, 15) is 4.79 Å². The zero-order chi connectivity index (χ0) is 11.7. The summed E-state index contributed by atoms with van der Waals surface area (Å²) in [5, 5.41) is 2.99. The highest BCUT2D eigenvalue weighted by Crippen LogP contribution is 2.30. The molecule has 1 aromatic carbocycles. The third-order valence-electron chi connectivity index (χ3n) is 2.99. The molecule has 1 N–H and O–H groups in total. The Morgan fingerprint density at radius 1 is 1.44 bits per heavy atom. The minimum atomic E-state index is -0.173.